The van der Waals surface area contributed by atoms with Crippen LogP contribution >= 0.6 is 0 Å². The molecule has 1 aliphatic carbocycles. The third-order valence-corrected chi connectivity index (χ3v) is 6.37. The van der Waals surface area contributed by atoms with E-state index in [-0.39, 0.29) is 11.6 Å². The maximum absolute atomic E-state index is 12.6. The highest BCUT2D eigenvalue weighted by Gasteiger charge is 2.40. The molecule has 2 N–H and O–H groups in total. The van der Waals surface area contributed by atoms with Gasteiger partial charge in [-0.05, 0) is 52.0 Å². The van der Waals surface area contributed by atoms with Crippen LogP contribution in [0.3, 0.4) is 0 Å². The molecule has 0 amide bonds. The predicted molar refractivity (Wildman–Crippen MR) is 81.8 cm³/mol. The topological polar surface area (TPSA) is 61.4 Å². The van der Waals surface area contributed by atoms with E-state index in [4.69, 9.17) is 0 Å². The molecule has 1 atom stereocenters. The van der Waals surface area contributed by atoms with Crippen LogP contribution in [0.15, 0.2) is 0 Å². The Morgan fingerprint density at radius 3 is 2.60 bits per heavy atom. The van der Waals surface area contributed by atoms with E-state index in [0.29, 0.717) is 6.54 Å². The van der Waals surface area contributed by atoms with Crippen LogP contribution in [0, 0.1) is 0 Å². The molecule has 1 heterocycles. The maximum Gasteiger partial charge on any atom is 0.280 e. The lowest BCUT2D eigenvalue weighted by molar-refractivity contribution is 0.214. The van der Waals surface area contributed by atoms with Crippen LogP contribution in [0.5, 0.6) is 0 Å². The van der Waals surface area contributed by atoms with E-state index in [2.05, 4.69) is 17.0 Å². The summed E-state index contributed by atoms with van der Waals surface area (Å²) in [6, 6.07) is 0.108. The number of hydrogen-bond acceptors (Lipinski definition) is 3. The van der Waals surface area contributed by atoms with E-state index < -0.39 is 10.2 Å². The lowest BCUT2D eigenvalue weighted by atomic mass is 9.80. The Bertz CT molecular complexity index is 407. The molecule has 5 nitrogen and oxygen atoms in total. The normalized spacial score (nSPS) is 27.2. The molecule has 0 bridgehead atoms. The zero-order valence-corrected chi connectivity index (χ0v) is 13.6. The summed E-state index contributed by atoms with van der Waals surface area (Å²) in [5, 5.41) is 3.36. The molecule has 0 spiro atoms. The predicted octanol–water partition coefficient (Wildman–Crippen LogP) is 1.62. The molecule has 6 heteroatoms. The second kappa shape index (κ2) is 6.73. The lowest BCUT2D eigenvalue weighted by Gasteiger charge is -2.42. The fourth-order valence-corrected chi connectivity index (χ4v) is 5.01. The number of rotatable bonds is 7. The molecule has 1 saturated carbocycles. The van der Waals surface area contributed by atoms with E-state index in [9.17, 15) is 8.42 Å². The first-order valence-electron chi connectivity index (χ1n) is 7.98. The minimum Gasteiger partial charge on any atom is -0.315 e. The highest BCUT2D eigenvalue weighted by atomic mass is 32.2. The molecule has 2 fully saturated rings. The van der Waals surface area contributed by atoms with Gasteiger partial charge in [0.2, 0.25) is 0 Å². The second-order valence-electron chi connectivity index (χ2n) is 6.49. The zero-order valence-electron chi connectivity index (χ0n) is 12.8. The second-order valence-corrected chi connectivity index (χ2v) is 8.11. The fourth-order valence-electron chi connectivity index (χ4n) is 3.12. The molecule has 118 valence electrons. The first-order chi connectivity index (χ1) is 9.47. The number of piperidine rings is 1. The maximum atomic E-state index is 12.6. The van der Waals surface area contributed by atoms with Crippen LogP contribution in [0.1, 0.15) is 58.8 Å². The number of nitrogens with zero attached hydrogens (tertiary/aromatic N) is 1. The van der Waals surface area contributed by atoms with Crippen LogP contribution in [-0.4, -0.2) is 43.9 Å². The van der Waals surface area contributed by atoms with Gasteiger partial charge in [0.1, 0.15) is 0 Å². The summed E-state index contributed by atoms with van der Waals surface area (Å²) in [6.07, 6.45) is 7.19. The molecule has 1 unspecified atom stereocenters. The quantitative estimate of drug-likeness (QED) is 0.703. The van der Waals surface area contributed by atoms with Gasteiger partial charge in [0, 0.05) is 24.7 Å². The third-order valence-electron chi connectivity index (χ3n) is 4.52. The average Bonchev–Trinajstić information content (AvgIpc) is 2.37. The summed E-state index contributed by atoms with van der Waals surface area (Å²) in [7, 11) is -3.34. The van der Waals surface area contributed by atoms with Gasteiger partial charge < -0.3 is 5.32 Å². The Labute approximate surface area is 123 Å². The Balaban J connectivity index is 1.98. The van der Waals surface area contributed by atoms with E-state index in [0.717, 1.165) is 58.0 Å². The van der Waals surface area contributed by atoms with E-state index in [1.54, 1.807) is 4.31 Å². The average molecular weight is 303 g/mol. The van der Waals surface area contributed by atoms with Gasteiger partial charge in [0.05, 0.1) is 0 Å². The SMILES string of the molecule is CCCNCC1CCCCN1S(=O)(=O)NC1(C)CCC1. The Morgan fingerprint density at radius 2 is 2.00 bits per heavy atom. The lowest BCUT2D eigenvalue weighted by Crippen LogP contribution is -2.59. The molecule has 20 heavy (non-hydrogen) atoms. The molecular weight excluding hydrogens is 274 g/mol. The molecule has 1 saturated heterocycles. The van der Waals surface area contributed by atoms with Gasteiger partial charge in [0.15, 0.2) is 0 Å². The van der Waals surface area contributed by atoms with Crippen molar-refractivity contribution < 1.29 is 8.42 Å². The Hall–Kier alpha value is -0.170. The Kier molecular flexibility index (Phi) is 5.45. The molecular formula is C14H29N3O2S. The van der Waals surface area contributed by atoms with Gasteiger partial charge in [-0.1, -0.05) is 13.3 Å². The first kappa shape index (κ1) is 16.2. The molecule has 0 aromatic heterocycles. The van der Waals surface area contributed by atoms with Crippen molar-refractivity contribution in [2.24, 2.45) is 0 Å². The van der Waals surface area contributed by atoms with Crippen molar-refractivity contribution >= 4 is 10.2 Å². The molecule has 1 aliphatic heterocycles. The van der Waals surface area contributed by atoms with Crippen molar-refractivity contribution in [2.75, 3.05) is 19.6 Å². The van der Waals surface area contributed by atoms with E-state index in [1.807, 2.05) is 6.92 Å². The number of nitrogens with one attached hydrogen (secondary N) is 2. The summed E-state index contributed by atoms with van der Waals surface area (Å²) in [4.78, 5) is 0. The monoisotopic (exact) mass is 303 g/mol. The van der Waals surface area contributed by atoms with Crippen molar-refractivity contribution in [3.05, 3.63) is 0 Å². The third kappa shape index (κ3) is 3.93. The highest BCUT2D eigenvalue weighted by Crippen LogP contribution is 2.32. The van der Waals surface area contributed by atoms with Crippen molar-refractivity contribution in [1.82, 2.24) is 14.3 Å². The summed E-state index contributed by atoms with van der Waals surface area (Å²) >= 11 is 0. The fraction of sp³-hybridized carbons (Fsp3) is 1.00. The van der Waals surface area contributed by atoms with Crippen molar-refractivity contribution in [2.45, 2.75) is 70.4 Å². The van der Waals surface area contributed by atoms with Crippen LogP contribution in [0.4, 0.5) is 0 Å². The van der Waals surface area contributed by atoms with Gasteiger partial charge >= 0.3 is 0 Å². The standard InChI is InChI=1S/C14H29N3O2S/c1-3-10-15-12-13-7-4-5-11-17(13)20(18,19)16-14(2)8-6-9-14/h13,15-16H,3-12H2,1-2H3. The largest absolute Gasteiger partial charge is 0.315 e. The molecule has 2 aliphatic rings. The smallest absolute Gasteiger partial charge is 0.280 e. The van der Waals surface area contributed by atoms with Crippen LogP contribution < -0.4 is 10.0 Å². The molecule has 0 radical (unpaired) electrons. The summed E-state index contributed by atoms with van der Waals surface area (Å²) in [5.41, 5.74) is -0.211. The summed E-state index contributed by atoms with van der Waals surface area (Å²) < 4.78 is 29.9. The van der Waals surface area contributed by atoms with Crippen molar-refractivity contribution in [1.29, 1.82) is 0 Å². The van der Waals surface area contributed by atoms with Gasteiger partial charge in [-0.3, -0.25) is 0 Å². The van der Waals surface area contributed by atoms with Crippen LogP contribution in [-0.2, 0) is 10.2 Å². The highest BCUT2D eigenvalue weighted by molar-refractivity contribution is 7.87. The van der Waals surface area contributed by atoms with E-state index >= 15 is 0 Å². The van der Waals surface area contributed by atoms with Crippen molar-refractivity contribution in [3.63, 3.8) is 0 Å². The van der Waals surface area contributed by atoms with Crippen LogP contribution in [0.25, 0.3) is 0 Å². The van der Waals surface area contributed by atoms with Gasteiger partial charge in [-0.2, -0.15) is 17.4 Å². The summed E-state index contributed by atoms with van der Waals surface area (Å²) in [5.74, 6) is 0. The Morgan fingerprint density at radius 1 is 1.25 bits per heavy atom. The van der Waals surface area contributed by atoms with Gasteiger partial charge in [-0.25, -0.2) is 0 Å². The number of hydrogen-bond donors (Lipinski definition) is 2. The minimum absolute atomic E-state index is 0.108. The van der Waals surface area contributed by atoms with Gasteiger partial charge in [0.25, 0.3) is 10.2 Å². The molecule has 0 aromatic carbocycles. The van der Waals surface area contributed by atoms with E-state index in [1.165, 1.54) is 0 Å². The molecule has 0 aromatic rings. The summed E-state index contributed by atoms with van der Waals surface area (Å²) in [6.45, 7) is 6.52. The zero-order chi connectivity index (χ0) is 14.6. The molecule has 2 rings (SSSR count). The minimum atomic E-state index is -3.34. The van der Waals surface area contributed by atoms with Crippen LogP contribution in [0.2, 0.25) is 0 Å². The first-order valence-corrected chi connectivity index (χ1v) is 9.42. The van der Waals surface area contributed by atoms with Crippen molar-refractivity contribution in [3.8, 4) is 0 Å². The van der Waals surface area contributed by atoms with Gasteiger partial charge in [-0.15, -0.1) is 0 Å².